The number of carbonyl (C=O) groups excluding carboxylic acids is 1. The molecular weight excluding hydrogens is 494 g/mol. The van der Waals surface area contributed by atoms with E-state index in [2.05, 4.69) is 5.32 Å². The molecule has 0 atom stereocenters. The number of nitrogens with zero attached hydrogens (tertiary/aromatic N) is 2. The average Bonchev–Trinajstić information content (AvgIpc) is 2.98. The summed E-state index contributed by atoms with van der Waals surface area (Å²) in [6.45, 7) is 1.74. The fourth-order valence-electron chi connectivity index (χ4n) is 4.77. The molecule has 0 unspecified atom stereocenters. The van der Waals surface area contributed by atoms with E-state index >= 15 is 0 Å². The van der Waals surface area contributed by atoms with Crippen LogP contribution in [0.5, 0.6) is 0 Å². The molecule has 0 saturated carbocycles. The van der Waals surface area contributed by atoms with Gasteiger partial charge in [0.05, 0.1) is 11.5 Å². The van der Waals surface area contributed by atoms with Gasteiger partial charge in [-0.1, -0.05) is 78.9 Å². The number of ether oxygens (including phenoxy) is 1. The molecule has 0 saturated heterocycles. The zero-order valence-corrected chi connectivity index (χ0v) is 21.1. The molecule has 0 fully saturated rings. The number of benzene rings is 4. The van der Waals surface area contributed by atoms with Gasteiger partial charge in [-0.25, -0.2) is 9.79 Å². The number of nitrogens with one attached hydrogen (secondary N) is 1. The summed E-state index contributed by atoms with van der Waals surface area (Å²) in [7, 11) is 0. The lowest BCUT2D eigenvalue weighted by atomic mass is 9.75. The zero-order valence-electron chi connectivity index (χ0n) is 21.1. The Balaban J connectivity index is 1.81. The molecule has 0 aliphatic carbocycles. The molecule has 4 aromatic rings. The van der Waals surface area contributed by atoms with Crippen molar-refractivity contribution in [3.63, 3.8) is 0 Å². The minimum atomic E-state index is -1.06. The van der Waals surface area contributed by atoms with Crippen molar-refractivity contribution in [2.75, 3.05) is 11.9 Å². The maximum Gasteiger partial charge on any atom is 0.345 e. The number of fused-ring (bicyclic) bond motifs is 1. The number of para-hydroxylation sites is 1. The van der Waals surface area contributed by atoms with Gasteiger partial charge >= 0.3 is 5.97 Å². The summed E-state index contributed by atoms with van der Waals surface area (Å²) in [5.41, 5.74) is 2.11. The quantitative estimate of drug-likeness (QED) is 0.0982. The topological polar surface area (TPSA) is 114 Å². The molecule has 5 rings (SSSR count). The minimum Gasteiger partial charge on any atom is -0.506 e. The van der Waals surface area contributed by atoms with Gasteiger partial charge in [0.1, 0.15) is 22.7 Å². The summed E-state index contributed by atoms with van der Waals surface area (Å²) in [5, 5.41) is 25.8. The molecule has 194 valence electrons. The van der Waals surface area contributed by atoms with E-state index < -0.39 is 22.2 Å². The highest BCUT2D eigenvalue weighted by atomic mass is 16.6. The van der Waals surface area contributed by atoms with Crippen molar-refractivity contribution < 1.29 is 19.6 Å². The number of rotatable bonds is 7. The number of aliphatic imine (C=N–C) groups is 1. The Bertz CT molecular complexity index is 1540. The third-order valence-corrected chi connectivity index (χ3v) is 6.54. The summed E-state index contributed by atoms with van der Waals surface area (Å²) < 4.78 is 5.34. The Labute approximate surface area is 225 Å². The SMILES string of the molecule is CCOC(=O)C(C1=NC(c2ccccc2)(c2ccccc2)c2ccccc2N1)=C(O)c1ccc([N+](=O)[O-])cc1. The fourth-order valence-corrected chi connectivity index (χ4v) is 4.77. The number of nitro groups is 1. The van der Waals surface area contributed by atoms with E-state index in [0.717, 1.165) is 16.7 Å². The van der Waals surface area contributed by atoms with Crippen molar-refractivity contribution in [2.24, 2.45) is 4.99 Å². The van der Waals surface area contributed by atoms with Gasteiger partial charge in [0.15, 0.2) is 0 Å². The Kier molecular flexibility index (Phi) is 6.93. The molecule has 0 amide bonds. The van der Waals surface area contributed by atoms with Crippen LogP contribution in [0.2, 0.25) is 0 Å². The highest BCUT2D eigenvalue weighted by molar-refractivity contribution is 6.28. The fraction of sp³-hybridized carbons (Fsp3) is 0.0968. The molecule has 1 aliphatic rings. The zero-order chi connectivity index (χ0) is 27.4. The van der Waals surface area contributed by atoms with Crippen molar-refractivity contribution in [3.05, 3.63) is 147 Å². The maximum atomic E-state index is 13.4. The lowest BCUT2D eigenvalue weighted by Crippen LogP contribution is -2.38. The second kappa shape index (κ2) is 10.6. The van der Waals surface area contributed by atoms with Crippen LogP contribution in [-0.2, 0) is 15.1 Å². The Morgan fingerprint density at radius 2 is 1.46 bits per heavy atom. The summed E-state index contributed by atoms with van der Waals surface area (Å²) in [5.74, 6) is -1.09. The molecule has 39 heavy (non-hydrogen) atoms. The van der Waals surface area contributed by atoms with Crippen LogP contribution in [0.15, 0.2) is 120 Å². The van der Waals surface area contributed by atoms with Crippen molar-refractivity contribution in [3.8, 4) is 0 Å². The van der Waals surface area contributed by atoms with Crippen LogP contribution in [0.25, 0.3) is 5.76 Å². The summed E-state index contributed by atoms with van der Waals surface area (Å²) >= 11 is 0. The first-order valence-electron chi connectivity index (χ1n) is 12.4. The molecule has 0 bridgehead atoms. The van der Waals surface area contributed by atoms with E-state index in [0.29, 0.717) is 5.69 Å². The van der Waals surface area contributed by atoms with E-state index in [9.17, 15) is 20.0 Å². The van der Waals surface area contributed by atoms with E-state index in [1.165, 1.54) is 24.3 Å². The van der Waals surface area contributed by atoms with E-state index in [1.807, 2.05) is 84.9 Å². The number of anilines is 1. The van der Waals surface area contributed by atoms with Crippen LogP contribution in [-0.4, -0.2) is 28.4 Å². The van der Waals surface area contributed by atoms with Crippen molar-refractivity contribution >= 4 is 28.9 Å². The van der Waals surface area contributed by atoms with E-state index in [1.54, 1.807) is 6.92 Å². The second-order valence-electron chi connectivity index (χ2n) is 8.82. The van der Waals surface area contributed by atoms with Crippen LogP contribution in [0.3, 0.4) is 0 Å². The van der Waals surface area contributed by atoms with Gasteiger partial charge in [0.25, 0.3) is 5.69 Å². The molecule has 1 heterocycles. The molecule has 0 spiro atoms. The van der Waals surface area contributed by atoms with Gasteiger partial charge in [-0.3, -0.25) is 10.1 Å². The Hall–Kier alpha value is -5.24. The molecule has 8 heteroatoms. The summed E-state index contributed by atoms with van der Waals surface area (Å²) in [6.07, 6.45) is 0. The van der Waals surface area contributed by atoms with Gasteiger partial charge in [-0.15, -0.1) is 0 Å². The van der Waals surface area contributed by atoms with Crippen LogP contribution in [0.1, 0.15) is 29.2 Å². The van der Waals surface area contributed by atoms with Crippen molar-refractivity contribution in [1.29, 1.82) is 0 Å². The lowest BCUT2D eigenvalue weighted by Gasteiger charge is -2.38. The van der Waals surface area contributed by atoms with Gasteiger partial charge < -0.3 is 15.2 Å². The third kappa shape index (κ3) is 4.64. The normalized spacial score (nSPS) is 14.2. The third-order valence-electron chi connectivity index (χ3n) is 6.54. The molecule has 8 nitrogen and oxygen atoms in total. The lowest BCUT2D eigenvalue weighted by molar-refractivity contribution is -0.384. The average molecular weight is 520 g/mol. The van der Waals surface area contributed by atoms with E-state index in [-0.39, 0.29) is 29.3 Å². The first kappa shape index (κ1) is 25.4. The standard InChI is InChI=1S/C31H25N3O5/c1-2-39-30(36)27(28(35)21-17-19-24(20-18-21)34(37)38)29-32-26-16-10-9-15-25(26)31(33-29,22-11-5-3-6-12-22)23-13-7-4-8-14-23/h3-20,35H,2H2,1H3,(H,32,33). The molecule has 0 aromatic heterocycles. The number of nitro benzene ring substituents is 1. The van der Waals surface area contributed by atoms with Crippen molar-refractivity contribution in [1.82, 2.24) is 0 Å². The number of carbonyl (C=O) groups is 1. The molecular formula is C31H25N3O5. The van der Waals surface area contributed by atoms with Gasteiger partial charge in [0.2, 0.25) is 0 Å². The minimum absolute atomic E-state index is 0.0717. The van der Waals surface area contributed by atoms with Gasteiger partial charge in [-0.2, -0.15) is 0 Å². The van der Waals surface area contributed by atoms with E-state index in [4.69, 9.17) is 9.73 Å². The monoisotopic (exact) mass is 519 g/mol. The van der Waals surface area contributed by atoms with Crippen molar-refractivity contribution in [2.45, 2.75) is 12.5 Å². The smallest absolute Gasteiger partial charge is 0.345 e. The highest BCUT2D eigenvalue weighted by Gasteiger charge is 2.42. The predicted octanol–water partition coefficient (Wildman–Crippen LogP) is 6.24. The van der Waals surface area contributed by atoms with Crippen LogP contribution in [0.4, 0.5) is 11.4 Å². The van der Waals surface area contributed by atoms with Gasteiger partial charge in [0, 0.05) is 28.9 Å². The number of amidine groups is 1. The highest BCUT2D eigenvalue weighted by Crippen LogP contribution is 2.46. The number of esters is 1. The van der Waals surface area contributed by atoms with Crippen LogP contribution < -0.4 is 5.32 Å². The molecule has 0 radical (unpaired) electrons. The Morgan fingerprint density at radius 3 is 2.03 bits per heavy atom. The number of non-ortho nitro benzene ring substituents is 1. The summed E-state index contributed by atoms with van der Waals surface area (Å²) in [4.78, 5) is 29.1. The predicted molar refractivity (Wildman–Crippen MR) is 150 cm³/mol. The Morgan fingerprint density at radius 1 is 0.897 bits per heavy atom. The second-order valence-corrected chi connectivity index (χ2v) is 8.82. The van der Waals surface area contributed by atoms with Crippen LogP contribution in [0, 0.1) is 10.1 Å². The van der Waals surface area contributed by atoms with Gasteiger partial charge in [-0.05, 0) is 36.2 Å². The maximum absolute atomic E-state index is 13.4. The first-order chi connectivity index (χ1) is 19.0. The molecule has 4 aromatic carbocycles. The molecule has 2 N–H and O–H groups in total. The number of hydrogen-bond donors (Lipinski definition) is 2. The molecule has 1 aliphatic heterocycles. The number of aliphatic hydroxyl groups excluding tert-OH is 1. The largest absolute Gasteiger partial charge is 0.506 e. The number of hydrogen-bond acceptors (Lipinski definition) is 7. The summed E-state index contributed by atoms with van der Waals surface area (Å²) in [6, 6.07) is 32.4. The van der Waals surface area contributed by atoms with Crippen LogP contribution >= 0.6 is 0 Å². The first-order valence-corrected chi connectivity index (χ1v) is 12.4. The number of aliphatic hydroxyl groups is 1.